The van der Waals surface area contributed by atoms with Crippen molar-refractivity contribution in [2.24, 2.45) is 11.7 Å². The summed E-state index contributed by atoms with van der Waals surface area (Å²) in [5.74, 6) is -2.35. The molecular weight excluding hydrogens is 346 g/mol. The van der Waals surface area contributed by atoms with Crippen molar-refractivity contribution in [1.29, 1.82) is 0 Å². The van der Waals surface area contributed by atoms with Gasteiger partial charge in [-0.15, -0.1) is 0 Å². The largest absolute Gasteiger partial charge is 0.412 e. The summed E-state index contributed by atoms with van der Waals surface area (Å²) in [7, 11) is 0. The molecule has 6 heteroatoms. The summed E-state index contributed by atoms with van der Waals surface area (Å²) in [6, 6.07) is 0. The molecule has 0 aliphatic rings. The first kappa shape index (κ1) is 28.2. The van der Waals surface area contributed by atoms with Crippen LogP contribution in [0.15, 0.2) is 0 Å². The average molecular weight is 390 g/mol. The number of unbranched alkanes of at least 4 members (excludes halogenated alkanes) is 13. The van der Waals surface area contributed by atoms with Crippen LogP contribution in [0.1, 0.15) is 103 Å². The number of aliphatic hydroxyl groups is 2. The molecule has 1 amide bonds. The zero-order valence-electron chi connectivity index (χ0n) is 17.3. The Bertz CT molecular complexity index is 362. The molecular formula is C21H43NO5. The van der Waals surface area contributed by atoms with Crippen molar-refractivity contribution in [3.05, 3.63) is 0 Å². The standard InChI is InChI=1S/C21H41NO4.H2O/c1-2-3-4-5-6-7-8-9-10-11-12-13-14-15-16-18(21(22)26)20(25)19(24)17-23;/h18-19,23-24H,2-17H2,1H3,(H2,22,26);1H2. The molecule has 0 radical (unpaired) electrons. The molecule has 0 heterocycles. The fourth-order valence-electron chi connectivity index (χ4n) is 3.29. The Morgan fingerprint density at radius 3 is 1.48 bits per heavy atom. The van der Waals surface area contributed by atoms with Gasteiger partial charge >= 0.3 is 0 Å². The fraction of sp³-hybridized carbons (Fsp3) is 0.905. The molecule has 0 aliphatic carbocycles. The monoisotopic (exact) mass is 389 g/mol. The highest BCUT2D eigenvalue weighted by Crippen LogP contribution is 2.16. The van der Waals surface area contributed by atoms with E-state index in [9.17, 15) is 14.7 Å². The van der Waals surface area contributed by atoms with Gasteiger partial charge in [-0.3, -0.25) is 9.59 Å². The number of carbonyl (C=O) groups is 2. The van der Waals surface area contributed by atoms with Gasteiger partial charge in [-0.1, -0.05) is 96.8 Å². The quantitative estimate of drug-likeness (QED) is 0.231. The third kappa shape index (κ3) is 15.7. The molecule has 0 rings (SSSR count). The van der Waals surface area contributed by atoms with E-state index in [-0.39, 0.29) is 5.48 Å². The lowest BCUT2D eigenvalue weighted by molar-refractivity contribution is -0.139. The van der Waals surface area contributed by atoms with E-state index >= 15 is 0 Å². The van der Waals surface area contributed by atoms with Gasteiger partial charge in [-0.05, 0) is 6.42 Å². The number of Topliss-reactive ketones (excluding diaryl/α,β-unsaturated/α-hetero) is 1. The normalized spacial score (nSPS) is 13.0. The smallest absolute Gasteiger partial charge is 0.228 e. The third-order valence-corrected chi connectivity index (χ3v) is 5.03. The van der Waals surface area contributed by atoms with Gasteiger partial charge < -0.3 is 21.4 Å². The first-order chi connectivity index (χ1) is 12.5. The van der Waals surface area contributed by atoms with E-state index in [1.54, 1.807) is 0 Å². The molecule has 0 aliphatic heterocycles. The van der Waals surface area contributed by atoms with Gasteiger partial charge in [0, 0.05) is 0 Å². The molecule has 0 saturated heterocycles. The Kier molecular flexibility index (Phi) is 20.7. The van der Waals surface area contributed by atoms with Gasteiger partial charge in [0.15, 0.2) is 5.78 Å². The van der Waals surface area contributed by atoms with Crippen LogP contribution >= 0.6 is 0 Å². The second-order valence-corrected chi connectivity index (χ2v) is 7.44. The van der Waals surface area contributed by atoms with Gasteiger partial charge in [0.1, 0.15) is 6.10 Å². The molecule has 6 nitrogen and oxygen atoms in total. The van der Waals surface area contributed by atoms with E-state index in [4.69, 9.17) is 10.8 Å². The van der Waals surface area contributed by atoms with Crippen molar-refractivity contribution in [3.63, 3.8) is 0 Å². The lowest BCUT2D eigenvalue weighted by Gasteiger charge is -2.14. The summed E-state index contributed by atoms with van der Waals surface area (Å²) in [6.45, 7) is 1.58. The molecule has 0 fully saturated rings. The Balaban J connectivity index is 0. The highest BCUT2D eigenvalue weighted by molar-refractivity contribution is 6.02. The predicted molar refractivity (Wildman–Crippen MR) is 109 cm³/mol. The maximum atomic E-state index is 11.8. The minimum Gasteiger partial charge on any atom is -0.412 e. The van der Waals surface area contributed by atoms with Crippen LogP contribution in [0.25, 0.3) is 0 Å². The molecule has 2 atom stereocenters. The van der Waals surface area contributed by atoms with Crippen molar-refractivity contribution in [3.8, 4) is 0 Å². The summed E-state index contributed by atoms with van der Waals surface area (Å²) < 4.78 is 0. The highest BCUT2D eigenvalue weighted by atomic mass is 16.3. The maximum Gasteiger partial charge on any atom is 0.228 e. The average Bonchev–Trinajstić information content (AvgIpc) is 2.63. The SMILES string of the molecule is CCCCCCCCCCCCCCCCC(C(N)=O)C(=O)C(O)CO.O. The lowest BCUT2D eigenvalue weighted by atomic mass is 9.92. The number of ketones is 1. The zero-order chi connectivity index (χ0) is 19.6. The molecule has 0 aromatic carbocycles. The van der Waals surface area contributed by atoms with Crippen molar-refractivity contribution < 1.29 is 25.3 Å². The van der Waals surface area contributed by atoms with Crippen molar-refractivity contribution in [2.75, 3.05) is 6.61 Å². The van der Waals surface area contributed by atoms with E-state index in [2.05, 4.69) is 6.92 Å². The van der Waals surface area contributed by atoms with Crippen LogP contribution in [0.4, 0.5) is 0 Å². The van der Waals surface area contributed by atoms with Crippen LogP contribution in [0.3, 0.4) is 0 Å². The van der Waals surface area contributed by atoms with Gasteiger partial charge in [0.2, 0.25) is 5.91 Å². The molecule has 2 unspecified atom stereocenters. The molecule has 0 spiro atoms. The molecule has 6 N–H and O–H groups in total. The van der Waals surface area contributed by atoms with Gasteiger partial charge in [0.05, 0.1) is 12.5 Å². The van der Waals surface area contributed by atoms with Crippen molar-refractivity contribution in [1.82, 2.24) is 0 Å². The van der Waals surface area contributed by atoms with Crippen LogP contribution < -0.4 is 5.73 Å². The number of aliphatic hydroxyl groups excluding tert-OH is 2. The Hall–Kier alpha value is -0.980. The zero-order valence-corrected chi connectivity index (χ0v) is 17.3. The highest BCUT2D eigenvalue weighted by Gasteiger charge is 2.28. The van der Waals surface area contributed by atoms with Crippen LogP contribution in [-0.4, -0.2) is 40.1 Å². The second kappa shape index (κ2) is 19.8. The van der Waals surface area contributed by atoms with Crippen LogP contribution in [0, 0.1) is 5.92 Å². The van der Waals surface area contributed by atoms with Crippen LogP contribution in [0.5, 0.6) is 0 Å². The second-order valence-electron chi connectivity index (χ2n) is 7.44. The van der Waals surface area contributed by atoms with E-state index in [1.165, 1.54) is 70.6 Å². The molecule has 0 bridgehead atoms. The van der Waals surface area contributed by atoms with E-state index in [0.29, 0.717) is 6.42 Å². The van der Waals surface area contributed by atoms with E-state index < -0.39 is 30.3 Å². The summed E-state index contributed by atoms with van der Waals surface area (Å²) in [5, 5.41) is 18.2. The Morgan fingerprint density at radius 2 is 1.15 bits per heavy atom. The first-order valence-electron chi connectivity index (χ1n) is 10.7. The maximum absolute atomic E-state index is 11.8. The topological polar surface area (TPSA) is 132 Å². The minimum atomic E-state index is -1.50. The van der Waals surface area contributed by atoms with Crippen LogP contribution in [0.2, 0.25) is 0 Å². The number of hydrogen-bond donors (Lipinski definition) is 3. The number of carbonyl (C=O) groups excluding carboxylic acids is 2. The minimum absolute atomic E-state index is 0. The molecule has 0 aromatic heterocycles. The number of primary amides is 1. The number of rotatable bonds is 19. The molecule has 0 saturated carbocycles. The number of nitrogens with two attached hydrogens (primary N) is 1. The predicted octanol–water partition coefficient (Wildman–Crippen LogP) is 3.06. The van der Waals surface area contributed by atoms with Crippen molar-refractivity contribution in [2.45, 2.75) is 109 Å². The van der Waals surface area contributed by atoms with E-state index in [0.717, 1.165) is 19.3 Å². The number of amides is 1. The van der Waals surface area contributed by atoms with Gasteiger partial charge in [-0.25, -0.2) is 0 Å². The van der Waals surface area contributed by atoms with Gasteiger partial charge in [-0.2, -0.15) is 0 Å². The van der Waals surface area contributed by atoms with E-state index in [1.807, 2.05) is 0 Å². The lowest BCUT2D eigenvalue weighted by Crippen LogP contribution is -2.38. The van der Waals surface area contributed by atoms with Crippen LogP contribution in [-0.2, 0) is 9.59 Å². The summed E-state index contributed by atoms with van der Waals surface area (Å²) in [6.07, 6.45) is 16.3. The summed E-state index contributed by atoms with van der Waals surface area (Å²) in [4.78, 5) is 23.1. The number of hydrogen-bond acceptors (Lipinski definition) is 4. The molecule has 162 valence electrons. The molecule has 0 aromatic rings. The first-order valence-corrected chi connectivity index (χ1v) is 10.7. The summed E-state index contributed by atoms with van der Waals surface area (Å²) in [5.41, 5.74) is 5.23. The van der Waals surface area contributed by atoms with Gasteiger partial charge in [0.25, 0.3) is 0 Å². The van der Waals surface area contributed by atoms with Crippen molar-refractivity contribution >= 4 is 11.7 Å². The Morgan fingerprint density at radius 1 is 0.778 bits per heavy atom. The summed E-state index contributed by atoms with van der Waals surface area (Å²) >= 11 is 0. The Labute approximate surface area is 165 Å². The third-order valence-electron chi connectivity index (χ3n) is 5.03. The fourth-order valence-corrected chi connectivity index (χ4v) is 3.29. The molecule has 27 heavy (non-hydrogen) atoms.